The van der Waals surface area contributed by atoms with Crippen molar-refractivity contribution in [3.05, 3.63) is 182 Å². The first-order valence-electron chi connectivity index (χ1n) is 18.1. The van der Waals surface area contributed by atoms with E-state index in [1.54, 1.807) is 0 Å². The molecule has 0 radical (unpaired) electrons. The van der Waals surface area contributed by atoms with Crippen LogP contribution in [0.4, 0.5) is 0 Å². The van der Waals surface area contributed by atoms with Crippen molar-refractivity contribution in [3.63, 3.8) is 0 Å². The summed E-state index contributed by atoms with van der Waals surface area (Å²) in [5.74, 6) is 0.715. The molecule has 0 saturated heterocycles. The number of hydrogen-bond acceptors (Lipinski definition) is 4. The van der Waals surface area contributed by atoms with E-state index in [9.17, 15) is 0 Å². The molecule has 11 rings (SSSR count). The average Bonchev–Trinajstić information content (AvgIpc) is 3.81. The fraction of sp³-hybridized carbons (Fsp3) is 0. The molecule has 2 nitrogen and oxygen atoms in total. The van der Waals surface area contributed by atoms with Gasteiger partial charge in [-0.25, -0.2) is 9.97 Å². The third-order valence-corrected chi connectivity index (χ3v) is 12.8. The first-order chi connectivity index (χ1) is 26.7. The molecule has 54 heavy (non-hydrogen) atoms. The highest BCUT2D eigenvalue weighted by molar-refractivity contribution is 7.26. The van der Waals surface area contributed by atoms with Crippen molar-refractivity contribution in [2.24, 2.45) is 0 Å². The number of hydrogen-bond donors (Lipinski definition) is 0. The van der Waals surface area contributed by atoms with E-state index in [1.165, 1.54) is 56.9 Å². The van der Waals surface area contributed by atoms with Crippen LogP contribution in [0.25, 0.3) is 107 Å². The van der Waals surface area contributed by atoms with Crippen molar-refractivity contribution >= 4 is 73.8 Å². The van der Waals surface area contributed by atoms with Gasteiger partial charge in [-0.2, -0.15) is 0 Å². The number of thiophene rings is 2. The molecule has 0 aliphatic carbocycles. The molecule has 0 amide bonds. The zero-order valence-electron chi connectivity index (χ0n) is 29.0. The van der Waals surface area contributed by atoms with Gasteiger partial charge in [0.2, 0.25) is 0 Å². The molecule has 0 unspecified atom stereocenters. The van der Waals surface area contributed by atoms with E-state index in [0.717, 1.165) is 44.6 Å². The molecule has 0 bridgehead atoms. The van der Waals surface area contributed by atoms with Crippen molar-refractivity contribution in [2.75, 3.05) is 0 Å². The molecule has 0 spiro atoms. The fourth-order valence-corrected chi connectivity index (χ4v) is 9.99. The summed E-state index contributed by atoms with van der Waals surface area (Å²) in [6.07, 6.45) is 0. The molecule has 0 saturated carbocycles. The maximum Gasteiger partial charge on any atom is 0.161 e. The molecule has 11 aromatic rings. The minimum Gasteiger partial charge on any atom is -0.228 e. The highest BCUT2D eigenvalue weighted by atomic mass is 32.1. The molecule has 3 heterocycles. The topological polar surface area (TPSA) is 25.8 Å². The molecule has 0 fully saturated rings. The Morgan fingerprint density at radius 1 is 0.296 bits per heavy atom. The Hall–Kier alpha value is -6.46. The molecule has 3 aromatic heterocycles. The highest BCUT2D eigenvalue weighted by Gasteiger charge is 2.16. The minimum absolute atomic E-state index is 0.715. The summed E-state index contributed by atoms with van der Waals surface area (Å²) in [6.45, 7) is 0. The van der Waals surface area contributed by atoms with E-state index in [2.05, 4.69) is 176 Å². The van der Waals surface area contributed by atoms with Gasteiger partial charge in [0.05, 0.1) is 11.4 Å². The van der Waals surface area contributed by atoms with Crippen LogP contribution in [0.5, 0.6) is 0 Å². The Kier molecular flexibility index (Phi) is 7.25. The standard InChI is InChI=1S/C50H30N2S2/c1-2-12-32(13-3-1)44-30-45(52-50(51-44)41-18-10-14-31-11-4-5-15-38(31)41)37-26-35(33-21-23-48-42(28-33)39-16-6-8-19-46(39)53-48)25-36(27-37)34-22-24-49-43(29-34)40-17-7-9-20-47(40)54-49/h1-30H. The van der Waals surface area contributed by atoms with Crippen molar-refractivity contribution in [1.29, 1.82) is 0 Å². The quantitative estimate of drug-likeness (QED) is 0.177. The van der Waals surface area contributed by atoms with Gasteiger partial charge in [-0.1, -0.05) is 121 Å². The third kappa shape index (κ3) is 5.30. The van der Waals surface area contributed by atoms with E-state index in [-0.39, 0.29) is 0 Å². The van der Waals surface area contributed by atoms with Gasteiger partial charge in [0.25, 0.3) is 0 Å². The first kappa shape index (κ1) is 31.1. The summed E-state index contributed by atoms with van der Waals surface area (Å²) < 4.78 is 5.22. The minimum atomic E-state index is 0.715. The van der Waals surface area contributed by atoms with Crippen LogP contribution in [0, 0.1) is 0 Å². The second-order valence-electron chi connectivity index (χ2n) is 13.8. The van der Waals surface area contributed by atoms with E-state index in [1.807, 2.05) is 28.7 Å². The van der Waals surface area contributed by atoms with Crippen LogP contribution >= 0.6 is 22.7 Å². The summed E-state index contributed by atoms with van der Waals surface area (Å²) in [4.78, 5) is 10.6. The lowest BCUT2D eigenvalue weighted by molar-refractivity contribution is 1.19. The van der Waals surface area contributed by atoms with E-state index < -0.39 is 0 Å². The van der Waals surface area contributed by atoms with Crippen molar-refractivity contribution in [3.8, 4) is 56.2 Å². The Balaban J connectivity index is 1.16. The molecule has 8 aromatic carbocycles. The van der Waals surface area contributed by atoms with Crippen LogP contribution in [-0.4, -0.2) is 9.97 Å². The van der Waals surface area contributed by atoms with Gasteiger partial charge in [0.1, 0.15) is 0 Å². The average molecular weight is 723 g/mol. The zero-order valence-corrected chi connectivity index (χ0v) is 30.7. The summed E-state index contributed by atoms with van der Waals surface area (Å²) >= 11 is 3.70. The largest absolute Gasteiger partial charge is 0.228 e. The maximum absolute atomic E-state index is 5.38. The lowest BCUT2D eigenvalue weighted by atomic mass is 9.93. The smallest absolute Gasteiger partial charge is 0.161 e. The van der Waals surface area contributed by atoms with Crippen molar-refractivity contribution in [2.45, 2.75) is 0 Å². The van der Waals surface area contributed by atoms with Crippen LogP contribution in [0.3, 0.4) is 0 Å². The second kappa shape index (κ2) is 12.6. The van der Waals surface area contributed by atoms with Gasteiger partial charge in [-0.3, -0.25) is 0 Å². The van der Waals surface area contributed by atoms with Crippen molar-refractivity contribution in [1.82, 2.24) is 9.97 Å². The number of benzene rings is 8. The van der Waals surface area contributed by atoms with E-state index in [0.29, 0.717) is 5.82 Å². The van der Waals surface area contributed by atoms with Crippen molar-refractivity contribution < 1.29 is 0 Å². The predicted octanol–water partition coefficient (Wildman–Crippen LogP) is 14.7. The highest BCUT2D eigenvalue weighted by Crippen LogP contribution is 2.41. The van der Waals surface area contributed by atoms with Gasteiger partial charge in [-0.05, 0) is 93.7 Å². The summed E-state index contributed by atoms with van der Waals surface area (Å²) in [7, 11) is 0. The van der Waals surface area contributed by atoms with Crippen LogP contribution < -0.4 is 0 Å². The number of nitrogens with zero attached hydrogens (tertiary/aromatic N) is 2. The molecule has 0 aliphatic heterocycles. The molecule has 0 N–H and O–H groups in total. The van der Waals surface area contributed by atoms with E-state index in [4.69, 9.17) is 9.97 Å². The SMILES string of the molecule is c1ccc(-c2cc(-c3cc(-c4ccc5sc6ccccc6c5c4)cc(-c4ccc5sc6ccccc6c5c4)c3)nc(-c3cccc4ccccc34)n2)cc1. The molecular weight excluding hydrogens is 693 g/mol. The third-order valence-electron chi connectivity index (χ3n) is 10.5. The van der Waals surface area contributed by atoms with Gasteiger partial charge < -0.3 is 0 Å². The molecule has 252 valence electrons. The summed E-state index contributed by atoms with van der Waals surface area (Å²) in [5, 5.41) is 7.48. The van der Waals surface area contributed by atoms with E-state index >= 15 is 0 Å². The second-order valence-corrected chi connectivity index (χ2v) is 15.9. The zero-order chi connectivity index (χ0) is 35.6. The Labute approximate surface area is 320 Å². The first-order valence-corrected chi connectivity index (χ1v) is 19.8. The fourth-order valence-electron chi connectivity index (χ4n) is 7.81. The number of rotatable bonds is 5. The van der Waals surface area contributed by atoms with Gasteiger partial charge >= 0.3 is 0 Å². The molecule has 4 heteroatoms. The maximum atomic E-state index is 5.38. The summed E-state index contributed by atoms with van der Waals surface area (Å²) in [5.41, 5.74) is 9.59. The number of fused-ring (bicyclic) bond motifs is 7. The molecule has 0 aliphatic rings. The predicted molar refractivity (Wildman–Crippen MR) is 232 cm³/mol. The summed E-state index contributed by atoms with van der Waals surface area (Å²) in [6, 6.07) is 65.7. The lowest BCUT2D eigenvalue weighted by Crippen LogP contribution is -1.97. The molecular formula is C50H30N2S2. The lowest BCUT2D eigenvalue weighted by Gasteiger charge is -2.14. The monoisotopic (exact) mass is 722 g/mol. The van der Waals surface area contributed by atoms with Crippen LogP contribution in [-0.2, 0) is 0 Å². The van der Waals surface area contributed by atoms with Gasteiger partial charge in [0.15, 0.2) is 5.82 Å². The van der Waals surface area contributed by atoms with Gasteiger partial charge in [0, 0.05) is 57.0 Å². The Morgan fingerprint density at radius 2 is 0.796 bits per heavy atom. The Bertz CT molecular complexity index is 3090. The Morgan fingerprint density at radius 3 is 1.44 bits per heavy atom. The normalized spacial score (nSPS) is 11.7. The van der Waals surface area contributed by atoms with Crippen LogP contribution in [0.1, 0.15) is 0 Å². The van der Waals surface area contributed by atoms with Crippen LogP contribution in [0.15, 0.2) is 182 Å². The van der Waals surface area contributed by atoms with Gasteiger partial charge in [-0.15, -0.1) is 22.7 Å². The van der Waals surface area contributed by atoms with Crippen LogP contribution in [0.2, 0.25) is 0 Å². The molecule has 0 atom stereocenters. The number of aromatic nitrogens is 2.